The number of rotatable bonds is 2. The summed E-state index contributed by atoms with van der Waals surface area (Å²) < 4.78 is 13.7. The summed E-state index contributed by atoms with van der Waals surface area (Å²) in [4.78, 5) is 12.6. The van der Waals surface area contributed by atoms with Gasteiger partial charge in [0.2, 0.25) is 0 Å². The second kappa shape index (κ2) is 6.10. The molecule has 0 saturated heterocycles. The number of nitrogens with zero attached hydrogens (tertiary/aromatic N) is 1. The fraction of sp³-hybridized carbons (Fsp3) is 0.125. The molecule has 0 bridgehead atoms. The Hall–Kier alpha value is -2.14. The first-order chi connectivity index (χ1) is 10.3. The second-order valence-corrected chi connectivity index (χ2v) is 5.69. The van der Waals surface area contributed by atoms with Gasteiger partial charge in [-0.3, -0.25) is 4.79 Å². The van der Waals surface area contributed by atoms with Crippen LogP contribution in [0, 0.1) is 5.82 Å². The minimum Gasteiger partial charge on any atom is -0.267 e. The van der Waals surface area contributed by atoms with Gasteiger partial charge < -0.3 is 0 Å². The van der Waals surface area contributed by atoms with Crippen molar-refractivity contribution >= 4 is 23.4 Å². The average Bonchev–Trinajstić information content (AvgIpc) is 2.54. The topological polar surface area (TPSA) is 41.5 Å². The van der Waals surface area contributed by atoms with Crippen molar-refractivity contribution in [3.63, 3.8) is 0 Å². The van der Waals surface area contributed by atoms with E-state index >= 15 is 0 Å². The van der Waals surface area contributed by atoms with Crippen LogP contribution >= 0.6 is 11.8 Å². The van der Waals surface area contributed by atoms with E-state index in [0.29, 0.717) is 22.6 Å². The van der Waals surface area contributed by atoms with Crippen LogP contribution in [0.25, 0.3) is 0 Å². The number of hydrogen-bond acceptors (Lipinski definition) is 3. The van der Waals surface area contributed by atoms with Crippen LogP contribution in [0.4, 0.5) is 4.39 Å². The lowest BCUT2D eigenvalue weighted by molar-refractivity contribution is 0.0955. The van der Waals surface area contributed by atoms with Crippen molar-refractivity contribution in [1.29, 1.82) is 0 Å². The Morgan fingerprint density at radius 2 is 1.95 bits per heavy atom. The number of hydrogen-bond donors (Lipinski definition) is 1. The van der Waals surface area contributed by atoms with Gasteiger partial charge in [-0.25, -0.2) is 9.82 Å². The Morgan fingerprint density at radius 1 is 1.14 bits per heavy atom. The highest BCUT2D eigenvalue weighted by Crippen LogP contribution is 2.32. The van der Waals surface area contributed by atoms with Gasteiger partial charge in [-0.15, -0.1) is 11.8 Å². The summed E-state index contributed by atoms with van der Waals surface area (Å²) in [5.41, 5.74) is 4.57. The van der Waals surface area contributed by atoms with Crippen molar-refractivity contribution in [3.8, 4) is 0 Å². The Morgan fingerprint density at radius 3 is 2.76 bits per heavy atom. The molecule has 0 radical (unpaired) electrons. The fourth-order valence-corrected chi connectivity index (χ4v) is 3.20. The van der Waals surface area contributed by atoms with Gasteiger partial charge in [0.15, 0.2) is 0 Å². The van der Waals surface area contributed by atoms with Gasteiger partial charge in [-0.05, 0) is 18.2 Å². The highest BCUT2D eigenvalue weighted by atomic mass is 32.2. The molecule has 0 unspecified atom stereocenters. The molecule has 3 rings (SSSR count). The number of amides is 1. The smallest absolute Gasteiger partial charge is 0.267 e. The van der Waals surface area contributed by atoms with Crippen LogP contribution in [0.2, 0.25) is 0 Å². The first-order valence-electron chi connectivity index (χ1n) is 6.59. The Labute approximate surface area is 126 Å². The maximum Gasteiger partial charge on any atom is 0.271 e. The van der Waals surface area contributed by atoms with E-state index in [1.165, 1.54) is 17.8 Å². The monoisotopic (exact) mass is 300 g/mol. The van der Waals surface area contributed by atoms with E-state index in [-0.39, 0.29) is 11.7 Å². The number of carbonyl (C=O) groups excluding carboxylic acids is 1. The molecule has 1 aliphatic heterocycles. The van der Waals surface area contributed by atoms with Crippen molar-refractivity contribution in [1.82, 2.24) is 5.43 Å². The van der Waals surface area contributed by atoms with Crippen molar-refractivity contribution in [2.45, 2.75) is 11.3 Å². The average molecular weight is 300 g/mol. The van der Waals surface area contributed by atoms with Gasteiger partial charge in [0.25, 0.3) is 5.91 Å². The van der Waals surface area contributed by atoms with E-state index in [0.717, 1.165) is 11.3 Å². The SMILES string of the molecule is O=C(NN=C1CCSc2c(F)cccc21)c1ccccc1. The summed E-state index contributed by atoms with van der Waals surface area (Å²) in [6, 6.07) is 13.8. The third-order valence-corrected chi connectivity index (χ3v) is 4.30. The molecule has 3 nitrogen and oxygen atoms in total. The minimum absolute atomic E-state index is 0.237. The summed E-state index contributed by atoms with van der Waals surface area (Å²) in [5, 5.41) is 4.18. The normalized spacial score (nSPS) is 15.6. The van der Waals surface area contributed by atoms with Gasteiger partial charge in [0.05, 0.1) is 10.6 Å². The zero-order valence-corrected chi connectivity index (χ0v) is 12.0. The maximum absolute atomic E-state index is 13.7. The van der Waals surface area contributed by atoms with Gasteiger partial charge in [0, 0.05) is 23.3 Å². The third kappa shape index (κ3) is 2.97. The van der Waals surface area contributed by atoms with E-state index in [9.17, 15) is 9.18 Å². The third-order valence-electron chi connectivity index (χ3n) is 3.19. The number of fused-ring (bicyclic) bond motifs is 1. The molecule has 5 heteroatoms. The van der Waals surface area contributed by atoms with Gasteiger partial charge in [0.1, 0.15) is 5.82 Å². The highest BCUT2D eigenvalue weighted by molar-refractivity contribution is 7.99. The molecule has 1 N–H and O–H groups in total. The number of thioether (sulfide) groups is 1. The Bertz CT molecular complexity index is 701. The molecule has 106 valence electrons. The quantitative estimate of drug-likeness (QED) is 0.863. The lowest BCUT2D eigenvalue weighted by Crippen LogP contribution is -2.21. The summed E-state index contributed by atoms with van der Waals surface area (Å²) in [6.45, 7) is 0. The molecule has 0 fully saturated rings. The standard InChI is InChI=1S/C16H13FN2OS/c17-13-8-4-7-12-14(9-10-21-15(12)13)18-19-16(20)11-5-2-1-3-6-11/h1-8H,9-10H2,(H,19,20). The Balaban J connectivity index is 1.83. The molecule has 1 aliphatic rings. The number of carbonyl (C=O) groups is 1. The zero-order chi connectivity index (χ0) is 14.7. The van der Waals surface area contributed by atoms with Crippen LogP contribution in [0.15, 0.2) is 58.5 Å². The predicted octanol–water partition coefficient (Wildman–Crippen LogP) is 3.46. The number of halogens is 1. The van der Waals surface area contributed by atoms with Crippen molar-refractivity contribution in [2.24, 2.45) is 5.10 Å². The highest BCUT2D eigenvalue weighted by Gasteiger charge is 2.19. The van der Waals surface area contributed by atoms with Gasteiger partial charge in [-0.1, -0.05) is 30.3 Å². The van der Waals surface area contributed by atoms with Crippen LogP contribution < -0.4 is 5.43 Å². The van der Waals surface area contributed by atoms with Crippen LogP contribution in [0.3, 0.4) is 0 Å². The zero-order valence-electron chi connectivity index (χ0n) is 11.2. The first kappa shape index (κ1) is 13.8. The fourth-order valence-electron chi connectivity index (χ4n) is 2.16. The van der Waals surface area contributed by atoms with Gasteiger partial charge >= 0.3 is 0 Å². The van der Waals surface area contributed by atoms with E-state index < -0.39 is 0 Å². The van der Waals surface area contributed by atoms with E-state index in [1.807, 2.05) is 12.1 Å². The molecule has 0 aliphatic carbocycles. The molecule has 2 aromatic carbocycles. The first-order valence-corrected chi connectivity index (χ1v) is 7.58. The molecule has 0 saturated carbocycles. The van der Waals surface area contributed by atoms with Gasteiger partial charge in [-0.2, -0.15) is 5.10 Å². The molecule has 0 spiro atoms. The minimum atomic E-state index is -0.265. The molecule has 1 amide bonds. The molecule has 21 heavy (non-hydrogen) atoms. The predicted molar refractivity (Wildman–Crippen MR) is 82.2 cm³/mol. The maximum atomic E-state index is 13.7. The molecule has 2 aromatic rings. The lowest BCUT2D eigenvalue weighted by Gasteiger charge is -2.17. The number of benzene rings is 2. The van der Waals surface area contributed by atoms with Crippen LogP contribution in [-0.4, -0.2) is 17.4 Å². The molecule has 1 heterocycles. The summed E-state index contributed by atoms with van der Waals surface area (Å²) in [6.07, 6.45) is 0.705. The summed E-state index contributed by atoms with van der Waals surface area (Å²) >= 11 is 1.48. The van der Waals surface area contributed by atoms with Crippen molar-refractivity contribution in [2.75, 3.05) is 5.75 Å². The molecule has 0 aromatic heterocycles. The lowest BCUT2D eigenvalue weighted by atomic mass is 10.1. The van der Waals surface area contributed by atoms with E-state index in [4.69, 9.17) is 0 Å². The Kier molecular flexibility index (Phi) is 4.01. The second-order valence-electron chi connectivity index (χ2n) is 4.58. The van der Waals surface area contributed by atoms with E-state index in [1.54, 1.807) is 30.3 Å². The largest absolute Gasteiger partial charge is 0.271 e. The molecular formula is C16H13FN2OS. The van der Waals surface area contributed by atoms with Crippen LogP contribution in [0.1, 0.15) is 22.3 Å². The summed E-state index contributed by atoms with van der Waals surface area (Å²) in [7, 11) is 0. The van der Waals surface area contributed by atoms with Crippen LogP contribution in [0.5, 0.6) is 0 Å². The van der Waals surface area contributed by atoms with Crippen molar-refractivity contribution in [3.05, 3.63) is 65.5 Å². The number of nitrogens with one attached hydrogen (secondary N) is 1. The van der Waals surface area contributed by atoms with Crippen molar-refractivity contribution < 1.29 is 9.18 Å². The van der Waals surface area contributed by atoms with Crippen LogP contribution in [-0.2, 0) is 0 Å². The van der Waals surface area contributed by atoms with E-state index in [2.05, 4.69) is 10.5 Å². The molecular weight excluding hydrogens is 287 g/mol. The summed E-state index contributed by atoms with van der Waals surface area (Å²) in [5.74, 6) is 0.257. The number of hydrazone groups is 1. The molecule has 0 atom stereocenters.